The Bertz CT molecular complexity index is 267. The number of alkyl halides is 6. The van der Waals surface area contributed by atoms with Gasteiger partial charge in [-0.15, -0.1) is 0 Å². The number of ether oxygens (including phenoxy) is 1. The summed E-state index contributed by atoms with van der Waals surface area (Å²) < 4.78 is 78.5. The number of halogens is 6. The maximum atomic E-state index is 12.2. The Morgan fingerprint density at radius 3 is 1.18 bits per heavy atom. The van der Waals surface area contributed by atoms with Crippen molar-refractivity contribution in [1.82, 2.24) is 0 Å². The van der Waals surface area contributed by atoms with Crippen LogP contribution >= 0.6 is 0 Å². The minimum atomic E-state index is -4.38. The summed E-state index contributed by atoms with van der Waals surface area (Å²) in [6.45, 7) is 0. The molecule has 0 N–H and O–H groups in total. The number of hydrogen-bond acceptors (Lipinski definition) is 1. The van der Waals surface area contributed by atoms with E-state index < -0.39 is 36.4 Å². The highest BCUT2D eigenvalue weighted by Crippen LogP contribution is 2.57. The molecule has 0 amide bonds. The van der Waals surface area contributed by atoms with Gasteiger partial charge in [0.25, 0.3) is 0 Å². The molecule has 0 radical (unpaired) electrons. The molecule has 2 aliphatic carbocycles. The number of hydrogen-bond donors (Lipinski definition) is 0. The van der Waals surface area contributed by atoms with E-state index in [1.165, 1.54) is 0 Å². The van der Waals surface area contributed by atoms with Crippen LogP contribution in [-0.4, -0.2) is 23.6 Å². The van der Waals surface area contributed by atoms with Crippen molar-refractivity contribution >= 4 is 0 Å². The standard InChI is InChI=1S/C10H12F6O/c11-9(12,13)5-7(1-2-7)17-8(3-4-8)6-10(14,15)16/h1-6H2. The van der Waals surface area contributed by atoms with Crippen molar-refractivity contribution in [3.8, 4) is 0 Å². The number of rotatable bonds is 4. The van der Waals surface area contributed by atoms with Gasteiger partial charge in [-0.2, -0.15) is 26.3 Å². The summed E-state index contributed by atoms with van der Waals surface area (Å²) in [6.07, 6.45) is -10.2. The van der Waals surface area contributed by atoms with Gasteiger partial charge >= 0.3 is 12.4 Å². The van der Waals surface area contributed by atoms with Gasteiger partial charge in [-0.05, 0) is 25.7 Å². The normalized spacial score (nSPS) is 25.8. The molecule has 2 rings (SSSR count). The van der Waals surface area contributed by atoms with Gasteiger partial charge in [-0.1, -0.05) is 0 Å². The summed E-state index contributed by atoms with van der Waals surface area (Å²) in [5.74, 6) is 0. The van der Waals surface area contributed by atoms with Gasteiger partial charge in [0.05, 0.1) is 24.0 Å². The molecule has 17 heavy (non-hydrogen) atoms. The zero-order valence-corrected chi connectivity index (χ0v) is 8.92. The van der Waals surface area contributed by atoms with E-state index in [-0.39, 0.29) is 25.7 Å². The molecule has 100 valence electrons. The predicted octanol–water partition coefficient (Wildman–Crippen LogP) is 3.97. The van der Waals surface area contributed by atoms with Crippen molar-refractivity contribution in [2.45, 2.75) is 62.1 Å². The zero-order valence-electron chi connectivity index (χ0n) is 8.92. The maximum absolute atomic E-state index is 12.2. The van der Waals surface area contributed by atoms with E-state index in [0.717, 1.165) is 0 Å². The third-order valence-corrected chi connectivity index (χ3v) is 3.09. The first kappa shape index (κ1) is 13.0. The Kier molecular flexibility index (Phi) is 2.69. The minimum Gasteiger partial charge on any atom is -0.368 e. The van der Waals surface area contributed by atoms with Crippen LogP contribution in [-0.2, 0) is 4.74 Å². The van der Waals surface area contributed by atoms with Gasteiger partial charge in [-0.3, -0.25) is 0 Å². The van der Waals surface area contributed by atoms with Crippen LogP contribution in [0.4, 0.5) is 26.3 Å². The molecular weight excluding hydrogens is 250 g/mol. The molecule has 0 aromatic carbocycles. The molecular formula is C10H12F6O. The van der Waals surface area contributed by atoms with Crippen LogP contribution in [0, 0.1) is 0 Å². The monoisotopic (exact) mass is 262 g/mol. The molecule has 1 nitrogen and oxygen atoms in total. The predicted molar refractivity (Wildman–Crippen MR) is 46.4 cm³/mol. The Hall–Kier alpha value is -0.460. The molecule has 2 aliphatic rings. The van der Waals surface area contributed by atoms with E-state index in [4.69, 9.17) is 4.74 Å². The third-order valence-electron chi connectivity index (χ3n) is 3.09. The Labute approximate surface area is 94.1 Å². The molecule has 0 spiro atoms. The van der Waals surface area contributed by atoms with Crippen LogP contribution in [0.5, 0.6) is 0 Å². The van der Waals surface area contributed by atoms with Crippen molar-refractivity contribution in [1.29, 1.82) is 0 Å². The van der Waals surface area contributed by atoms with Gasteiger partial charge in [0.2, 0.25) is 0 Å². The van der Waals surface area contributed by atoms with Gasteiger partial charge in [0, 0.05) is 0 Å². The molecule has 0 aliphatic heterocycles. The Morgan fingerprint density at radius 1 is 0.706 bits per heavy atom. The second kappa shape index (κ2) is 3.52. The van der Waals surface area contributed by atoms with E-state index in [1.54, 1.807) is 0 Å². The van der Waals surface area contributed by atoms with Gasteiger partial charge < -0.3 is 4.74 Å². The molecule has 0 bridgehead atoms. The maximum Gasteiger partial charge on any atom is 0.391 e. The summed E-state index contributed by atoms with van der Waals surface area (Å²) in [7, 11) is 0. The van der Waals surface area contributed by atoms with Crippen LogP contribution < -0.4 is 0 Å². The highest BCUT2D eigenvalue weighted by molar-refractivity contribution is 5.06. The fraction of sp³-hybridized carbons (Fsp3) is 1.00. The first-order chi connectivity index (χ1) is 7.54. The summed E-state index contributed by atoms with van der Waals surface area (Å²) in [5, 5.41) is 0. The fourth-order valence-electron chi connectivity index (χ4n) is 2.10. The van der Waals surface area contributed by atoms with Gasteiger partial charge in [0.15, 0.2) is 0 Å². The fourth-order valence-corrected chi connectivity index (χ4v) is 2.10. The zero-order chi connectivity index (χ0) is 12.9. The van der Waals surface area contributed by atoms with E-state index in [1.807, 2.05) is 0 Å². The van der Waals surface area contributed by atoms with Crippen LogP contribution in [0.15, 0.2) is 0 Å². The van der Waals surface area contributed by atoms with Crippen molar-refractivity contribution in [3.63, 3.8) is 0 Å². The molecule has 0 aromatic rings. The minimum absolute atomic E-state index is 0.201. The highest BCUT2D eigenvalue weighted by atomic mass is 19.4. The lowest BCUT2D eigenvalue weighted by atomic mass is 10.1. The van der Waals surface area contributed by atoms with Crippen LogP contribution in [0.1, 0.15) is 38.5 Å². The first-order valence-electron chi connectivity index (χ1n) is 5.37. The van der Waals surface area contributed by atoms with E-state index in [9.17, 15) is 26.3 Å². The van der Waals surface area contributed by atoms with Crippen molar-refractivity contribution < 1.29 is 31.1 Å². The average Bonchev–Trinajstić information content (AvgIpc) is 2.88. The van der Waals surface area contributed by atoms with E-state index in [2.05, 4.69) is 0 Å². The summed E-state index contributed by atoms with van der Waals surface area (Å²) in [6, 6.07) is 0. The van der Waals surface area contributed by atoms with E-state index >= 15 is 0 Å². The van der Waals surface area contributed by atoms with Crippen molar-refractivity contribution in [2.24, 2.45) is 0 Å². The Balaban J connectivity index is 1.93. The second-order valence-electron chi connectivity index (χ2n) is 5.05. The average molecular weight is 262 g/mol. The lowest BCUT2D eigenvalue weighted by molar-refractivity contribution is -0.203. The van der Waals surface area contributed by atoms with Crippen molar-refractivity contribution in [3.05, 3.63) is 0 Å². The lowest BCUT2D eigenvalue weighted by Gasteiger charge is -2.26. The smallest absolute Gasteiger partial charge is 0.368 e. The van der Waals surface area contributed by atoms with Crippen LogP contribution in [0.3, 0.4) is 0 Å². The van der Waals surface area contributed by atoms with Crippen LogP contribution in [0.2, 0.25) is 0 Å². The van der Waals surface area contributed by atoms with Crippen LogP contribution in [0.25, 0.3) is 0 Å². The summed E-state index contributed by atoms with van der Waals surface area (Å²) in [5.41, 5.74) is -2.75. The van der Waals surface area contributed by atoms with Gasteiger partial charge in [-0.25, -0.2) is 0 Å². The molecule has 2 fully saturated rings. The highest BCUT2D eigenvalue weighted by Gasteiger charge is 2.61. The molecule has 0 saturated heterocycles. The van der Waals surface area contributed by atoms with E-state index in [0.29, 0.717) is 0 Å². The topological polar surface area (TPSA) is 9.23 Å². The second-order valence-corrected chi connectivity index (χ2v) is 5.05. The summed E-state index contributed by atoms with van der Waals surface area (Å²) in [4.78, 5) is 0. The molecule has 0 aromatic heterocycles. The first-order valence-corrected chi connectivity index (χ1v) is 5.37. The lowest BCUT2D eigenvalue weighted by Crippen LogP contribution is -2.33. The third kappa shape index (κ3) is 3.76. The van der Waals surface area contributed by atoms with Gasteiger partial charge in [0.1, 0.15) is 0 Å². The molecule has 2 saturated carbocycles. The molecule has 0 atom stereocenters. The van der Waals surface area contributed by atoms with Crippen molar-refractivity contribution in [2.75, 3.05) is 0 Å². The molecule has 7 heteroatoms. The Morgan fingerprint density at radius 2 is 1.00 bits per heavy atom. The SMILES string of the molecule is FC(F)(F)CC1(OC2(CC(F)(F)F)CC2)CC1. The summed E-state index contributed by atoms with van der Waals surface area (Å²) >= 11 is 0. The molecule has 0 heterocycles. The largest absolute Gasteiger partial charge is 0.391 e. The molecule has 0 unspecified atom stereocenters. The quantitative estimate of drug-likeness (QED) is 0.696.